The lowest BCUT2D eigenvalue weighted by Crippen LogP contribution is -2.32. The molecule has 1 aliphatic rings. The van der Waals surface area contributed by atoms with E-state index in [2.05, 4.69) is 36.5 Å². The number of carbonyl (C=O) groups is 1. The van der Waals surface area contributed by atoms with Gasteiger partial charge >= 0.3 is 0 Å². The lowest BCUT2D eigenvalue weighted by molar-refractivity contribution is -0.128. The highest BCUT2D eigenvalue weighted by Gasteiger charge is 2.20. The molecule has 3 aromatic heterocycles. The van der Waals surface area contributed by atoms with Crippen LogP contribution in [0.1, 0.15) is 24.7 Å². The van der Waals surface area contributed by atoms with Crippen LogP contribution in [0.5, 0.6) is 0 Å². The zero-order valence-corrected chi connectivity index (χ0v) is 15.9. The summed E-state index contributed by atoms with van der Waals surface area (Å²) < 4.78 is 0. The molecule has 0 unspecified atom stereocenters. The quantitative estimate of drug-likeness (QED) is 0.721. The number of carbonyl (C=O) groups excluding carboxylic acids is 1. The molecule has 0 radical (unpaired) electrons. The fourth-order valence-corrected chi connectivity index (χ4v) is 3.66. The maximum atomic E-state index is 11.5. The monoisotopic (exact) mass is 381 g/mol. The summed E-state index contributed by atoms with van der Waals surface area (Å²) in [6, 6.07) is 1.85. The van der Waals surface area contributed by atoms with Gasteiger partial charge in [0.15, 0.2) is 5.13 Å². The number of aromatic amines is 1. The number of hydrogen-bond donors (Lipinski definition) is 2. The van der Waals surface area contributed by atoms with Gasteiger partial charge in [-0.25, -0.2) is 15.0 Å². The lowest BCUT2D eigenvalue weighted by atomic mass is 10.0. The van der Waals surface area contributed by atoms with Gasteiger partial charge in [-0.15, -0.1) is 11.3 Å². The van der Waals surface area contributed by atoms with E-state index in [1.54, 1.807) is 13.1 Å². The summed E-state index contributed by atoms with van der Waals surface area (Å²) in [5.74, 6) is 0.628. The van der Waals surface area contributed by atoms with Crippen molar-refractivity contribution in [2.75, 3.05) is 18.4 Å². The first-order valence-electron chi connectivity index (χ1n) is 8.61. The second kappa shape index (κ2) is 7.28. The third-order valence-corrected chi connectivity index (χ3v) is 5.15. The SMILES string of the molecule is CC(=O)N1CC=C(c2n[nH]cc2-c2csc(Nc3nccc(C)n3)n2)CC1. The third-order valence-electron chi connectivity index (χ3n) is 4.39. The number of anilines is 2. The fraction of sp³-hybridized carbons (Fsp3) is 0.278. The van der Waals surface area contributed by atoms with E-state index in [0.29, 0.717) is 19.0 Å². The standard InChI is InChI=1S/C18H19N7OS/c1-11-3-6-19-17(21-11)23-18-22-15(10-27-18)14-9-20-24-16(14)13-4-7-25(8-5-13)12(2)26/h3-4,6,9-10H,5,7-8H2,1-2H3,(H,20,24)(H,19,21,22,23). The van der Waals surface area contributed by atoms with Crippen molar-refractivity contribution in [1.29, 1.82) is 0 Å². The van der Waals surface area contributed by atoms with E-state index in [0.717, 1.165) is 39.8 Å². The van der Waals surface area contributed by atoms with Crippen LogP contribution in [0.4, 0.5) is 11.1 Å². The first-order valence-corrected chi connectivity index (χ1v) is 9.49. The van der Waals surface area contributed by atoms with Gasteiger partial charge in [-0.1, -0.05) is 6.08 Å². The zero-order valence-electron chi connectivity index (χ0n) is 15.1. The molecule has 9 heteroatoms. The van der Waals surface area contributed by atoms with E-state index in [1.807, 2.05) is 29.5 Å². The van der Waals surface area contributed by atoms with E-state index in [-0.39, 0.29) is 5.91 Å². The molecule has 0 bridgehead atoms. The minimum Gasteiger partial charge on any atom is -0.339 e. The van der Waals surface area contributed by atoms with Gasteiger partial charge in [0, 0.05) is 49.0 Å². The Morgan fingerprint density at radius 3 is 3.00 bits per heavy atom. The van der Waals surface area contributed by atoms with Crippen molar-refractivity contribution in [2.45, 2.75) is 20.3 Å². The van der Waals surface area contributed by atoms with E-state index >= 15 is 0 Å². The van der Waals surface area contributed by atoms with Crippen LogP contribution in [0.15, 0.2) is 29.9 Å². The number of aryl methyl sites for hydroxylation is 1. The van der Waals surface area contributed by atoms with Gasteiger partial charge in [-0.3, -0.25) is 9.89 Å². The highest BCUT2D eigenvalue weighted by Crippen LogP contribution is 2.32. The molecular weight excluding hydrogens is 362 g/mol. The molecule has 4 rings (SSSR count). The topological polar surface area (TPSA) is 99.7 Å². The average Bonchev–Trinajstić information content (AvgIpc) is 3.31. The van der Waals surface area contributed by atoms with E-state index < -0.39 is 0 Å². The molecule has 3 aromatic rings. The predicted molar refractivity (Wildman–Crippen MR) is 105 cm³/mol. The highest BCUT2D eigenvalue weighted by atomic mass is 32.1. The summed E-state index contributed by atoms with van der Waals surface area (Å²) in [4.78, 5) is 26.5. The Morgan fingerprint density at radius 2 is 2.26 bits per heavy atom. The summed E-state index contributed by atoms with van der Waals surface area (Å²) in [6.45, 7) is 4.84. The summed E-state index contributed by atoms with van der Waals surface area (Å²) in [5.41, 5.74) is 4.71. The first-order chi connectivity index (χ1) is 13.1. The number of rotatable bonds is 4. The number of nitrogens with zero attached hydrogens (tertiary/aromatic N) is 5. The molecular formula is C18H19N7OS. The molecule has 0 saturated heterocycles. The number of nitrogens with one attached hydrogen (secondary N) is 2. The maximum Gasteiger partial charge on any atom is 0.229 e. The molecule has 0 fully saturated rings. The molecule has 0 spiro atoms. The molecule has 0 saturated carbocycles. The van der Waals surface area contributed by atoms with Crippen LogP contribution in [-0.4, -0.2) is 49.0 Å². The molecule has 8 nitrogen and oxygen atoms in total. The Kier molecular flexibility index (Phi) is 4.68. The normalized spacial score (nSPS) is 14.1. The zero-order chi connectivity index (χ0) is 18.8. The van der Waals surface area contributed by atoms with Crippen LogP contribution < -0.4 is 5.32 Å². The summed E-state index contributed by atoms with van der Waals surface area (Å²) >= 11 is 1.49. The van der Waals surface area contributed by atoms with Crippen molar-refractivity contribution >= 4 is 33.9 Å². The largest absolute Gasteiger partial charge is 0.339 e. The Bertz CT molecular complexity index is 1010. The van der Waals surface area contributed by atoms with Crippen LogP contribution in [0.25, 0.3) is 16.8 Å². The Morgan fingerprint density at radius 1 is 1.37 bits per heavy atom. The van der Waals surface area contributed by atoms with E-state index in [9.17, 15) is 4.79 Å². The summed E-state index contributed by atoms with van der Waals surface area (Å²) in [5, 5.41) is 13.2. The molecule has 2 N–H and O–H groups in total. The van der Waals surface area contributed by atoms with Crippen molar-refractivity contribution < 1.29 is 4.79 Å². The van der Waals surface area contributed by atoms with Gasteiger partial charge < -0.3 is 10.2 Å². The summed E-state index contributed by atoms with van der Waals surface area (Å²) in [6.07, 6.45) is 6.42. The smallest absolute Gasteiger partial charge is 0.229 e. The van der Waals surface area contributed by atoms with Gasteiger partial charge in [0.05, 0.1) is 11.4 Å². The Hall–Kier alpha value is -3.07. The van der Waals surface area contributed by atoms with Gasteiger partial charge in [-0.2, -0.15) is 5.10 Å². The fourth-order valence-electron chi connectivity index (χ4n) is 2.96. The maximum absolute atomic E-state index is 11.5. The van der Waals surface area contributed by atoms with Gasteiger partial charge in [0.2, 0.25) is 11.9 Å². The minimum atomic E-state index is 0.0983. The van der Waals surface area contributed by atoms with E-state index in [1.165, 1.54) is 11.3 Å². The Balaban J connectivity index is 1.55. The molecule has 4 heterocycles. The van der Waals surface area contributed by atoms with Crippen LogP contribution in [0, 0.1) is 6.92 Å². The lowest BCUT2D eigenvalue weighted by Gasteiger charge is -2.24. The number of hydrogen-bond acceptors (Lipinski definition) is 7. The van der Waals surface area contributed by atoms with E-state index in [4.69, 9.17) is 0 Å². The molecule has 27 heavy (non-hydrogen) atoms. The van der Waals surface area contributed by atoms with Gasteiger partial charge in [0.1, 0.15) is 0 Å². The molecule has 138 valence electrons. The second-order valence-electron chi connectivity index (χ2n) is 6.28. The molecule has 1 aliphatic heterocycles. The van der Waals surface area contributed by atoms with Crippen molar-refractivity contribution in [3.8, 4) is 11.3 Å². The summed E-state index contributed by atoms with van der Waals surface area (Å²) in [7, 11) is 0. The van der Waals surface area contributed by atoms with Crippen LogP contribution >= 0.6 is 11.3 Å². The second-order valence-corrected chi connectivity index (χ2v) is 7.13. The minimum absolute atomic E-state index is 0.0983. The van der Waals surface area contributed by atoms with Crippen molar-refractivity contribution in [2.24, 2.45) is 0 Å². The van der Waals surface area contributed by atoms with Crippen molar-refractivity contribution in [3.05, 3.63) is 41.3 Å². The Labute approximate surface area is 160 Å². The molecule has 0 atom stereocenters. The van der Waals surface area contributed by atoms with Crippen molar-refractivity contribution in [3.63, 3.8) is 0 Å². The number of aromatic nitrogens is 5. The number of amides is 1. The number of H-pyrrole nitrogens is 1. The van der Waals surface area contributed by atoms with Crippen LogP contribution in [0.2, 0.25) is 0 Å². The third kappa shape index (κ3) is 3.72. The molecule has 0 aliphatic carbocycles. The molecule has 1 amide bonds. The predicted octanol–water partition coefficient (Wildman–Crippen LogP) is 3.01. The number of thiazole rings is 1. The van der Waals surface area contributed by atoms with Gasteiger partial charge in [-0.05, 0) is 25.0 Å². The van der Waals surface area contributed by atoms with Crippen molar-refractivity contribution in [1.82, 2.24) is 30.0 Å². The van der Waals surface area contributed by atoms with Crippen LogP contribution in [0.3, 0.4) is 0 Å². The molecule has 0 aromatic carbocycles. The average molecular weight is 381 g/mol. The van der Waals surface area contributed by atoms with Crippen LogP contribution in [-0.2, 0) is 4.79 Å². The first kappa shape index (κ1) is 17.3. The van der Waals surface area contributed by atoms with Gasteiger partial charge in [0.25, 0.3) is 0 Å². The highest BCUT2D eigenvalue weighted by molar-refractivity contribution is 7.14.